The molecular formula is C15H25BrF3N3O4. The number of carbonyl (C=O) groups is 3. The largest absolute Gasteiger partial charge is 0.490 e. The van der Waals surface area contributed by atoms with Crippen molar-refractivity contribution in [1.29, 1.82) is 0 Å². The van der Waals surface area contributed by atoms with Gasteiger partial charge in [0.05, 0.1) is 5.33 Å². The van der Waals surface area contributed by atoms with E-state index in [1.807, 2.05) is 11.8 Å². The van der Waals surface area contributed by atoms with Crippen molar-refractivity contribution in [2.24, 2.45) is 0 Å². The van der Waals surface area contributed by atoms with Gasteiger partial charge in [-0.3, -0.25) is 9.59 Å². The molecule has 1 aliphatic heterocycles. The van der Waals surface area contributed by atoms with Crippen molar-refractivity contribution in [3.63, 3.8) is 0 Å². The van der Waals surface area contributed by atoms with Crippen molar-refractivity contribution in [3.8, 4) is 0 Å². The summed E-state index contributed by atoms with van der Waals surface area (Å²) in [6.45, 7) is 5.24. The van der Waals surface area contributed by atoms with E-state index in [0.717, 1.165) is 38.9 Å². The molecule has 0 aliphatic carbocycles. The predicted molar refractivity (Wildman–Crippen MR) is 93.0 cm³/mol. The average molecular weight is 448 g/mol. The molecule has 0 spiro atoms. The van der Waals surface area contributed by atoms with Crippen LogP contribution in [0.15, 0.2) is 0 Å². The maximum absolute atomic E-state index is 12.0. The molecule has 26 heavy (non-hydrogen) atoms. The third-order valence-electron chi connectivity index (χ3n) is 3.63. The first-order chi connectivity index (χ1) is 12.1. The van der Waals surface area contributed by atoms with E-state index in [4.69, 9.17) is 9.90 Å². The molecule has 3 N–H and O–H groups in total. The molecule has 0 atom stereocenters. The molecule has 0 unspecified atom stereocenters. The number of alkyl halides is 4. The first-order valence-electron chi connectivity index (χ1n) is 8.26. The van der Waals surface area contributed by atoms with Gasteiger partial charge in [0.15, 0.2) is 0 Å². The van der Waals surface area contributed by atoms with Gasteiger partial charge in [0, 0.05) is 25.6 Å². The predicted octanol–water partition coefficient (Wildman–Crippen LogP) is 1.51. The van der Waals surface area contributed by atoms with Gasteiger partial charge in [-0.1, -0.05) is 22.9 Å². The van der Waals surface area contributed by atoms with E-state index in [-0.39, 0.29) is 11.8 Å². The highest BCUT2D eigenvalue weighted by molar-refractivity contribution is 9.09. The Hall–Kier alpha value is -1.36. The van der Waals surface area contributed by atoms with E-state index >= 15 is 0 Å². The van der Waals surface area contributed by atoms with Crippen LogP contribution in [0.2, 0.25) is 0 Å². The minimum atomic E-state index is -5.08. The zero-order chi connectivity index (χ0) is 20.2. The van der Waals surface area contributed by atoms with Crippen LogP contribution in [0.4, 0.5) is 13.2 Å². The summed E-state index contributed by atoms with van der Waals surface area (Å²) < 4.78 is 31.7. The normalized spacial score (nSPS) is 14.8. The van der Waals surface area contributed by atoms with Crippen LogP contribution in [0.5, 0.6) is 0 Å². The highest BCUT2D eigenvalue weighted by Gasteiger charge is 2.38. The lowest BCUT2D eigenvalue weighted by Crippen LogP contribution is -2.46. The van der Waals surface area contributed by atoms with Crippen LogP contribution in [-0.2, 0) is 14.4 Å². The Balaban J connectivity index is 0.000000758. The summed E-state index contributed by atoms with van der Waals surface area (Å²) in [4.78, 5) is 34.0. The van der Waals surface area contributed by atoms with E-state index in [9.17, 15) is 22.8 Å². The fourth-order valence-electron chi connectivity index (χ4n) is 2.36. The molecule has 7 nitrogen and oxygen atoms in total. The zero-order valence-electron chi connectivity index (χ0n) is 14.6. The summed E-state index contributed by atoms with van der Waals surface area (Å²) in [5.74, 6) is -2.54. The van der Waals surface area contributed by atoms with Crippen LogP contribution in [-0.4, -0.2) is 71.5 Å². The molecule has 1 aliphatic rings. The second-order valence-corrected chi connectivity index (χ2v) is 6.12. The third-order valence-corrected chi connectivity index (χ3v) is 4.14. The van der Waals surface area contributed by atoms with E-state index in [0.29, 0.717) is 24.3 Å². The Bertz CT molecular complexity index is 458. The number of nitrogens with zero attached hydrogens (tertiary/aromatic N) is 1. The minimum absolute atomic E-state index is 0.00441. The number of nitrogens with one attached hydrogen (secondary N) is 2. The Morgan fingerprint density at radius 2 is 1.81 bits per heavy atom. The summed E-state index contributed by atoms with van der Waals surface area (Å²) in [7, 11) is 0. The quantitative estimate of drug-likeness (QED) is 0.405. The lowest BCUT2D eigenvalue weighted by Gasteiger charge is -2.34. The van der Waals surface area contributed by atoms with Crippen molar-refractivity contribution in [3.05, 3.63) is 0 Å². The molecule has 0 bridgehead atoms. The Labute approximate surface area is 158 Å². The average Bonchev–Trinajstić information content (AvgIpc) is 2.61. The summed E-state index contributed by atoms with van der Waals surface area (Å²) in [6.07, 6.45) is -1.66. The number of halogens is 4. The summed E-state index contributed by atoms with van der Waals surface area (Å²) in [5.41, 5.74) is 0. The molecule has 2 amide bonds. The SMILES string of the molecule is CCC(=O)N(CCCNC(=O)CBr)C1CCNCC1.O=C(O)C(F)(F)F. The standard InChI is InChI=1S/C13H24BrN3O2.C2HF3O2/c1-2-13(19)17(11-4-7-15-8-5-11)9-3-6-16-12(18)10-14;3-2(4,5)1(6)7/h11,15H,2-10H2,1H3,(H,16,18);(H,6,7). The first kappa shape index (κ1) is 24.6. The lowest BCUT2D eigenvalue weighted by atomic mass is 10.0. The number of piperidine rings is 1. The van der Waals surface area contributed by atoms with Crippen LogP contribution in [0.1, 0.15) is 32.6 Å². The number of aliphatic carboxylic acids is 1. The number of carbonyl (C=O) groups excluding carboxylic acids is 2. The molecule has 0 aromatic heterocycles. The molecule has 0 saturated carbocycles. The Morgan fingerprint density at radius 1 is 1.27 bits per heavy atom. The number of rotatable bonds is 7. The molecule has 1 rings (SSSR count). The van der Waals surface area contributed by atoms with Gasteiger partial charge < -0.3 is 20.6 Å². The minimum Gasteiger partial charge on any atom is -0.475 e. The van der Waals surface area contributed by atoms with E-state index < -0.39 is 12.1 Å². The molecule has 1 saturated heterocycles. The maximum Gasteiger partial charge on any atom is 0.490 e. The number of hydrogen-bond acceptors (Lipinski definition) is 4. The number of amides is 2. The lowest BCUT2D eigenvalue weighted by molar-refractivity contribution is -0.192. The molecule has 0 aromatic rings. The number of carboxylic acids is 1. The fourth-order valence-corrected chi connectivity index (χ4v) is 2.56. The van der Waals surface area contributed by atoms with Gasteiger partial charge in [0.25, 0.3) is 0 Å². The zero-order valence-corrected chi connectivity index (χ0v) is 16.2. The summed E-state index contributed by atoms with van der Waals surface area (Å²) in [6, 6.07) is 0.362. The Morgan fingerprint density at radius 3 is 2.23 bits per heavy atom. The molecule has 0 radical (unpaired) electrons. The van der Waals surface area contributed by atoms with E-state index in [2.05, 4.69) is 26.6 Å². The van der Waals surface area contributed by atoms with Crippen molar-refractivity contribution in [1.82, 2.24) is 15.5 Å². The summed E-state index contributed by atoms with van der Waals surface area (Å²) >= 11 is 3.11. The molecule has 1 heterocycles. The topological polar surface area (TPSA) is 98.7 Å². The monoisotopic (exact) mass is 447 g/mol. The van der Waals surface area contributed by atoms with Gasteiger partial charge in [-0.05, 0) is 32.4 Å². The van der Waals surface area contributed by atoms with Gasteiger partial charge >= 0.3 is 12.1 Å². The van der Waals surface area contributed by atoms with Crippen molar-refractivity contribution in [2.45, 2.75) is 44.8 Å². The highest BCUT2D eigenvalue weighted by atomic mass is 79.9. The molecule has 11 heteroatoms. The molecule has 152 valence electrons. The Kier molecular flexibility index (Phi) is 12.2. The third kappa shape index (κ3) is 10.6. The van der Waals surface area contributed by atoms with Gasteiger partial charge in [0.2, 0.25) is 11.8 Å². The molecule has 1 fully saturated rings. The smallest absolute Gasteiger partial charge is 0.475 e. The first-order valence-corrected chi connectivity index (χ1v) is 9.38. The van der Waals surface area contributed by atoms with Crippen LogP contribution in [0.3, 0.4) is 0 Å². The molecular weight excluding hydrogens is 423 g/mol. The van der Waals surface area contributed by atoms with Gasteiger partial charge in [-0.2, -0.15) is 13.2 Å². The highest BCUT2D eigenvalue weighted by Crippen LogP contribution is 2.14. The second kappa shape index (κ2) is 12.9. The number of carboxylic acid groups (broad SMARTS) is 1. The van der Waals surface area contributed by atoms with Crippen LogP contribution in [0, 0.1) is 0 Å². The summed E-state index contributed by atoms with van der Waals surface area (Å²) in [5, 5.41) is 13.6. The van der Waals surface area contributed by atoms with Gasteiger partial charge in [-0.25, -0.2) is 4.79 Å². The number of hydrogen-bond donors (Lipinski definition) is 3. The van der Waals surface area contributed by atoms with Gasteiger partial charge in [-0.15, -0.1) is 0 Å². The van der Waals surface area contributed by atoms with Crippen molar-refractivity contribution in [2.75, 3.05) is 31.5 Å². The van der Waals surface area contributed by atoms with Crippen LogP contribution >= 0.6 is 15.9 Å². The second-order valence-electron chi connectivity index (χ2n) is 5.56. The van der Waals surface area contributed by atoms with Gasteiger partial charge in [0.1, 0.15) is 0 Å². The van der Waals surface area contributed by atoms with E-state index in [1.165, 1.54) is 0 Å². The van der Waals surface area contributed by atoms with Crippen molar-refractivity contribution >= 4 is 33.7 Å². The molecule has 0 aromatic carbocycles. The van der Waals surface area contributed by atoms with Crippen LogP contribution in [0.25, 0.3) is 0 Å². The fraction of sp³-hybridized carbons (Fsp3) is 0.800. The maximum atomic E-state index is 12.0. The van der Waals surface area contributed by atoms with Crippen LogP contribution < -0.4 is 10.6 Å². The van der Waals surface area contributed by atoms with Crippen molar-refractivity contribution < 1.29 is 32.7 Å². The van der Waals surface area contributed by atoms with E-state index in [1.54, 1.807) is 0 Å².